The lowest BCUT2D eigenvalue weighted by Gasteiger charge is -2.05. The maximum absolute atomic E-state index is 12.2. The minimum absolute atomic E-state index is 0.235. The number of ether oxygens (including phenoxy) is 1. The van der Waals surface area contributed by atoms with Crippen LogP contribution in [-0.4, -0.2) is 28.4 Å². The molecule has 2 N–H and O–H groups in total. The normalized spacial score (nSPS) is 10.7. The fourth-order valence-corrected chi connectivity index (χ4v) is 3.59. The average molecular weight is 372 g/mol. The Morgan fingerprint density at radius 3 is 2.62 bits per heavy atom. The lowest BCUT2D eigenvalue weighted by Crippen LogP contribution is -2.41. The van der Waals surface area contributed by atoms with E-state index in [0.29, 0.717) is 11.4 Å². The van der Waals surface area contributed by atoms with Crippen LogP contribution in [-0.2, 0) is 11.3 Å². The van der Waals surface area contributed by atoms with Crippen LogP contribution in [0, 0.1) is 13.8 Å². The predicted octanol–water partition coefficient (Wildman–Crippen LogP) is 3.15. The summed E-state index contributed by atoms with van der Waals surface area (Å²) in [5.41, 5.74) is 7.77. The number of aryl methyl sites for hydroxylation is 2. The lowest BCUT2D eigenvalue weighted by molar-refractivity contribution is 0.0916. The molecule has 0 bridgehead atoms. The number of carbonyl (C=O) groups is 2. The summed E-state index contributed by atoms with van der Waals surface area (Å²) in [5, 5.41) is 5.51. The number of amides is 2. The van der Waals surface area contributed by atoms with Crippen LogP contribution in [0.15, 0.2) is 30.3 Å². The largest absolute Gasteiger partial charge is 0.449 e. The van der Waals surface area contributed by atoms with Crippen LogP contribution >= 0.6 is 11.3 Å². The Morgan fingerprint density at radius 1 is 1.19 bits per heavy atom. The summed E-state index contributed by atoms with van der Waals surface area (Å²) in [4.78, 5) is 24.9. The van der Waals surface area contributed by atoms with Crippen molar-refractivity contribution in [3.05, 3.63) is 52.0 Å². The average Bonchev–Trinajstić information content (AvgIpc) is 3.17. The molecule has 0 atom stereocenters. The number of carbonyl (C=O) groups excluding carboxylic acids is 2. The predicted molar refractivity (Wildman–Crippen MR) is 100 cm³/mol. The first-order valence-electron chi connectivity index (χ1n) is 8.23. The number of hydrazine groups is 1. The van der Waals surface area contributed by atoms with Gasteiger partial charge in [-0.05, 0) is 32.4 Å². The summed E-state index contributed by atoms with van der Waals surface area (Å²) < 4.78 is 6.61. The Bertz CT molecular complexity index is 943. The first-order valence-corrected chi connectivity index (χ1v) is 9.05. The Morgan fingerprint density at radius 2 is 1.92 bits per heavy atom. The van der Waals surface area contributed by atoms with Crippen LogP contribution in [0.4, 0.5) is 4.79 Å². The summed E-state index contributed by atoms with van der Waals surface area (Å²) in [6, 6.07) is 10.1. The maximum Gasteiger partial charge on any atom is 0.426 e. The van der Waals surface area contributed by atoms with E-state index in [9.17, 15) is 9.59 Å². The molecule has 0 aliphatic carbocycles. The molecule has 3 aromatic rings. The second kappa shape index (κ2) is 7.57. The van der Waals surface area contributed by atoms with E-state index in [1.54, 1.807) is 13.0 Å². The third-order valence-corrected chi connectivity index (χ3v) is 4.98. The van der Waals surface area contributed by atoms with E-state index in [4.69, 9.17) is 4.74 Å². The molecule has 2 amide bonds. The number of fused-ring (bicyclic) bond motifs is 1. The Kier molecular flexibility index (Phi) is 5.22. The molecule has 0 saturated carbocycles. The van der Waals surface area contributed by atoms with E-state index in [1.165, 1.54) is 16.9 Å². The fourth-order valence-electron chi connectivity index (χ4n) is 2.53. The molecule has 0 unspecified atom stereocenters. The van der Waals surface area contributed by atoms with Crippen LogP contribution < -0.4 is 10.9 Å². The highest BCUT2D eigenvalue weighted by Gasteiger charge is 2.17. The maximum atomic E-state index is 12.2. The standard InChI is InChI=1S/C18H20N4O3S/c1-4-25-18(24)20-19-16(23)15-9-14-12(3)21-22(17(14)26-15)10-13-7-5-11(2)6-8-13/h5-9H,4,10H2,1-3H3,(H,19,23)(H,20,24). The number of hydrogen-bond acceptors (Lipinski definition) is 5. The summed E-state index contributed by atoms with van der Waals surface area (Å²) in [6.45, 7) is 6.52. The van der Waals surface area contributed by atoms with Crippen LogP contribution in [0.5, 0.6) is 0 Å². The topological polar surface area (TPSA) is 85.2 Å². The van der Waals surface area contributed by atoms with Crippen molar-refractivity contribution in [2.24, 2.45) is 0 Å². The van der Waals surface area contributed by atoms with Crippen molar-refractivity contribution < 1.29 is 14.3 Å². The van der Waals surface area contributed by atoms with Gasteiger partial charge in [0.2, 0.25) is 0 Å². The van der Waals surface area contributed by atoms with E-state index in [2.05, 4.69) is 47.1 Å². The second-order valence-corrected chi connectivity index (χ2v) is 6.89. The van der Waals surface area contributed by atoms with E-state index in [1.807, 2.05) is 11.6 Å². The molecule has 7 nitrogen and oxygen atoms in total. The van der Waals surface area contributed by atoms with Gasteiger partial charge >= 0.3 is 6.09 Å². The lowest BCUT2D eigenvalue weighted by atomic mass is 10.1. The number of nitrogens with one attached hydrogen (secondary N) is 2. The molecule has 2 aromatic heterocycles. The molecule has 0 saturated heterocycles. The minimum atomic E-state index is -0.691. The van der Waals surface area contributed by atoms with Gasteiger partial charge in [0.1, 0.15) is 4.83 Å². The van der Waals surface area contributed by atoms with Crippen LogP contribution in [0.25, 0.3) is 10.2 Å². The highest BCUT2D eigenvalue weighted by Crippen LogP contribution is 2.28. The van der Waals surface area contributed by atoms with E-state index in [-0.39, 0.29) is 12.5 Å². The molecule has 3 rings (SSSR count). The highest BCUT2D eigenvalue weighted by molar-refractivity contribution is 7.20. The van der Waals surface area contributed by atoms with Crippen molar-refractivity contribution >= 4 is 33.6 Å². The van der Waals surface area contributed by atoms with Gasteiger partial charge in [-0.1, -0.05) is 29.8 Å². The first-order chi connectivity index (χ1) is 12.5. The molecule has 2 heterocycles. The SMILES string of the molecule is CCOC(=O)NNC(=O)c1cc2c(C)nn(Cc3ccc(C)cc3)c2s1. The Balaban J connectivity index is 1.79. The molecule has 26 heavy (non-hydrogen) atoms. The Hall–Kier alpha value is -2.87. The van der Waals surface area contributed by atoms with Crippen molar-refractivity contribution in [2.75, 3.05) is 6.61 Å². The van der Waals surface area contributed by atoms with Crippen molar-refractivity contribution in [2.45, 2.75) is 27.3 Å². The summed E-state index contributed by atoms with van der Waals surface area (Å²) >= 11 is 1.34. The van der Waals surface area contributed by atoms with Gasteiger partial charge in [0.15, 0.2) is 0 Å². The molecule has 0 radical (unpaired) electrons. The van der Waals surface area contributed by atoms with Crippen LogP contribution in [0.1, 0.15) is 33.4 Å². The molecule has 8 heteroatoms. The monoisotopic (exact) mass is 372 g/mol. The van der Waals surface area contributed by atoms with Gasteiger partial charge in [-0.25, -0.2) is 10.2 Å². The van der Waals surface area contributed by atoms with Crippen LogP contribution in [0.2, 0.25) is 0 Å². The molecule has 1 aromatic carbocycles. The second-order valence-electron chi connectivity index (χ2n) is 5.86. The third-order valence-electron chi connectivity index (χ3n) is 3.84. The zero-order chi connectivity index (χ0) is 18.7. The highest BCUT2D eigenvalue weighted by atomic mass is 32.1. The fraction of sp³-hybridized carbons (Fsp3) is 0.278. The molecule has 0 aliphatic heterocycles. The van der Waals surface area contributed by atoms with Crippen LogP contribution in [0.3, 0.4) is 0 Å². The number of aromatic nitrogens is 2. The quantitative estimate of drug-likeness (QED) is 0.689. The third kappa shape index (κ3) is 3.85. The van der Waals surface area contributed by atoms with E-state index in [0.717, 1.165) is 21.5 Å². The van der Waals surface area contributed by atoms with Gasteiger partial charge < -0.3 is 4.74 Å². The zero-order valence-corrected chi connectivity index (χ0v) is 15.6. The number of thiophene rings is 1. The first kappa shape index (κ1) is 17.9. The number of nitrogens with zero attached hydrogens (tertiary/aromatic N) is 2. The van der Waals surface area contributed by atoms with Crippen molar-refractivity contribution in [1.29, 1.82) is 0 Å². The van der Waals surface area contributed by atoms with Gasteiger partial charge in [-0.2, -0.15) is 5.10 Å². The molecule has 0 spiro atoms. The van der Waals surface area contributed by atoms with Crippen molar-refractivity contribution in [3.8, 4) is 0 Å². The van der Waals surface area contributed by atoms with E-state index >= 15 is 0 Å². The van der Waals surface area contributed by atoms with Crippen molar-refractivity contribution in [1.82, 2.24) is 20.6 Å². The summed E-state index contributed by atoms with van der Waals surface area (Å²) in [7, 11) is 0. The van der Waals surface area contributed by atoms with E-state index < -0.39 is 6.09 Å². The van der Waals surface area contributed by atoms with Gasteiger partial charge in [0.05, 0.1) is 23.7 Å². The number of benzene rings is 1. The Labute approximate surface area is 154 Å². The van der Waals surface area contributed by atoms with Crippen molar-refractivity contribution in [3.63, 3.8) is 0 Å². The van der Waals surface area contributed by atoms with Gasteiger partial charge in [-0.15, -0.1) is 11.3 Å². The molecular weight excluding hydrogens is 352 g/mol. The van der Waals surface area contributed by atoms with Gasteiger partial charge in [-0.3, -0.25) is 14.9 Å². The van der Waals surface area contributed by atoms with Gasteiger partial charge in [0.25, 0.3) is 5.91 Å². The summed E-state index contributed by atoms with van der Waals surface area (Å²) in [5.74, 6) is -0.388. The van der Waals surface area contributed by atoms with Gasteiger partial charge in [0, 0.05) is 5.39 Å². The molecule has 0 fully saturated rings. The zero-order valence-electron chi connectivity index (χ0n) is 14.8. The number of hydrogen-bond donors (Lipinski definition) is 2. The summed E-state index contributed by atoms with van der Waals surface area (Å²) in [6.07, 6.45) is -0.691. The smallest absolute Gasteiger partial charge is 0.426 e. The number of rotatable bonds is 4. The molecule has 136 valence electrons. The minimum Gasteiger partial charge on any atom is -0.449 e. The molecule has 0 aliphatic rings. The molecular formula is C18H20N4O3S.